The molecular weight excluding hydrogens is 428 g/mol. The summed E-state index contributed by atoms with van der Waals surface area (Å²) in [6, 6.07) is 2.09. The van der Waals surface area contributed by atoms with E-state index in [0.717, 1.165) is 36.1 Å². The lowest BCUT2D eigenvalue weighted by atomic mass is 9.63. The number of hydrogen-bond acceptors (Lipinski definition) is 5. The lowest BCUT2D eigenvalue weighted by Gasteiger charge is -2.44. The van der Waals surface area contributed by atoms with E-state index in [1.54, 1.807) is 0 Å². The molecule has 1 aromatic rings. The molecule has 0 aromatic heterocycles. The SMILES string of the molecule is CC1=CCCC(C)(C)[C@@H]1CC(C[C@@]1(O)C(=O)c2cc(O)cc(O)c2C(=O)[C@@]1(C)Cl)=C(C)C. The number of Topliss-reactive ketones (excluding diaryl/α,β-unsaturated/α-hetero) is 2. The Balaban J connectivity index is 2.08. The van der Waals surface area contributed by atoms with Gasteiger partial charge in [-0.05, 0) is 64.4 Å². The Morgan fingerprint density at radius 3 is 2.31 bits per heavy atom. The first-order valence-corrected chi connectivity index (χ1v) is 11.4. The van der Waals surface area contributed by atoms with Gasteiger partial charge >= 0.3 is 0 Å². The zero-order valence-electron chi connectivity index (χ0n) is 19.7. The Hall–Kier alpha value is -2.11. The standard InChI is InChI=1S/C26H33ClO5/c1-14(2)16(10-19-15(3)8-7-9-24(19,4)5)13-26(32)22(30)18-11-17(28)12-20(29)21(18)23(31)25(26,6)27/h8,11-12,19,28-29,32H,7,9-10,13H2,1-6H3/t19-,25-,26-/m1/s1. The van der Waals surface area contributed by atoms with E-state index in [9.17, 15) is 24.9 Å². The maximum Gasteiger partial charge on any atom is 0.197 e. The van der Waals surface area contributed by atoms with Crippen molar-refractivity contribution in [2.45, 2.75) is 77.7 Å². The molecule has 2 aliphatic carbocycles. The summed E-state index contributed by atoms with van der Waals surface area (Å²) in [4.78, 5) is 24.7. The topological polar surface area (TPSA) is 94.8 Å². The maximum absolute atomic E-state index is 13.5. The van der Waals surface area contributed by atoms with Crippen LogP contribution >= 0.6 is 11.6 Å². The van der Waals surface area contributed by atoms with Gasteiger partial charge in [0.05, 0.1) is 5.56 Å². The number of phenols is 2. The van der Waals surface area contributed by atoms with Crippen LogP contribution in [0.2, 0.25) is 0 Å². The van der Waals surface area contributed by atoms with Gasteiger partial charge in [0.15, 0.2) is 17.2 Å². The summed E-state index contributed by atoms with van der Waals surface area (Å²) >= 11 is 6.61. The number of carbonyl (C=O) groups excluding carboxylic acids is 2. The van der Waals surface area contributed by atoms with Gasteiger partial charge in [0.25, 0.3) is 0 Å². The highest BCUT2D eigenvalue weighted by atomic mass is 35.5. The zero-order chi connectivity index (χ0) is 24.2. The molecule has 3 atom stereocenters. The number of ketones is 2. The third-order valence-electron chi connectivity index (χ3n) is 7.53. The predicted molar refractivity (Wildman–Crippen MR) is 126 cm³/mol. The lowest BCUT2D eigenvalue weighted by molar-refractivity contribution is 0.00809. The highest BCUT2D eigenvalue weighted by molar-refractivity contribution is 6.44. The second-order valence-electron chi connectivity index (χ2n) is 10.4. The Morgan fingerprint density at radius 2 is 1.75 bits per heavy atom. The number of carbonyl (C=O) groups is 2. The van der Waals surface area contributed by atoms with Gasteiger partial charge in [-0.1, -0.05) is 36.6 Å². The molecule has 0 spiro atoms. The van der Waals surface area contributed by atoms with Crippen LogP contribution in [0.4, 0.5) is 0 Å². The molecule has 6 heteroatoms. The summed E-state index contributed by atoms with van der Waals surface area (Å²) < 4.78 is 0. The number of aliphatic hydroxyl groups is 1. The van der Waals surface area contributed by atoms with Crippen LogP contribution in [0.5, 0.6) is 11.5 Å². The third-order valence-corrected chi connectivity index (χ3v) is 8.01. The van der Waals surface area contributed by atoms with Crippen LogP contribution < -0.4 is 0 Å². The van der Waals surface area contributed by atoms with E-state index in [1.165, 1.54) is 12.5 Å². The van der Waals surface area contributed by atoms with Crippen LogP contribution in [0.15, 0.2) is 34.9 Å². The lowest BCUT2D eigenvalue weighted by Crippen LogP contribution is -2.62. The van der Waals surface area contributed by atoms with Crippen LogP contribution in [0.3, 0.4) is 0 Å². The average molecular weight is 461 g/mol. The van der Waals surface area contributed by atoms with Crippen molar-refractivity contribution in [1.82, 2.24) is 0 Å². The molecular formula is C26H33ClO5. The smallest absolute Gasteiger partial charge is 0.197 e. The molecule has 0 amide bonds. The Labute approximate surface area is 194 Å². The first-order chi connectivity index (χ1) is 14.6. The van der Waals surface area contributed by atoms with Crippen molar-refractivity contribution < 1.29 is 24.9 Å². The van der Waals surface area contributed by atoms with Crippen molar-refractivity contribution in [2.24, 2.45) is 11.3 Å². The number of rotatable bonds is 4. The summed E-state index contributed by atoms with van der Waals surface area (Å²) in [6.45, 7) is 11.8. The third kappa shape index (κ3) is 3.80. The second-order valence-corrected chi connectivity index (χ2v) is 11.2. The average Bonchev–Trinajstić information content (AvgIpc) is 2.66. The van der Waals surface area contributed by atoms with Crippen LogP contribution in [0, 0.1) is 11.3 Å². The highest BCUT2D eigenvalue weighted by Gasteiger charge is 2.61. The van der Waals surface area contributed by atoms with E-state index in [-0.39, 0.29) is 34.6 Å². The van der Waals surface area contributed by atoms with Crippen LogP contribution in [0.1, 0.15) is 87.9 Å². The number of hydrogen-bond donors (Lipinski definition) is 3. The molecule has 0 bridgehead atoms. The summed E-state index contributed by atoms with van der Waals surface area (Å²) in [7, 11) is 0. The van der Waals surface area contributed by atoms with E-state index < -0.39 is 27.8 Å². The van der Waals surface area contributed by atoms with Gasteiger partial charge in [0.2, 0.25) is 0 Å². The molecule has 1 aromatic carbocycles. The highest BCUT2D eigenvalue weighted by Crippen LogP contribution is 2.50. The van der Waals surface area contributed by atoms with E-state index >= 15 is 0 Å². The first-order valence-electron chi connectivity index (χ1n) is 11.0. The monoisotopic (exact) mass is 460 g/mol. The van der Waals surface area contributed by atoms with Crippen molar-refractivity contribution in [3.05, 3.63) is 46.1 Å². The largest absolute Gasteiger partial charge is 0.508 e. The molecule has 0 unspecified atom stereocenters. The summed E-state index contributed by atoms with van der Waals surface area (Å²) in [6.07, 6.45) is 4.87. The van der Waals surface area contributed by atoms with Crippen molar-refractivity contribution in [1.29, 1.82) is 0 Å². The normalized spacial score (nSPS) is 29.4. The maximum atomic E-state index is 13.5. The number of alkyl halides is 1. The van der Waals surface area contributed by atoms with E-state index in [4.69, 9.17) is 11.6 Å². The molecule has 2 aliphatic rings. The predicted octanol–water partition coefficient (Wildman–Crippen LogP) is 5.70. The van der Waals surface area contributed by atoms with Crippen LogP contribution in [-0.2, 0) is 0 Å². The zero-order valence-corrected chi connectivity index (χ0v) is 20.4. The van der Waals surface area contributed by atoms with Gasteiger partial charge in [-0.15, -0.1) is 11.6 Å². The second kappa shape index (κ2) is 8.03. The molecule has 174 valence electrons. The molecule has 0 heterocycles. The molecule has 0 aliphatic heterocycles. The van der Waals surface area contributed by atoms with E-state index in [2.05, 4.69) is 26.8 Å². The minimum Gasteiger partial charge on any atom is -0.508 e. The minimum atomic E-state index is -2.22. The number of allylic oxidation sites excluding steroid dienone is 3. The Morgan fingerprint density at radius 1 is 1.12 bits per heavy atom. The molecule has 32 heavy (non-hydrogen) atoms. The molecule has 3 N–H and O–H groups in total. The fourth-order valence-corrected chi connectivity index (χ4v) is 5.43. The van der Waals surface area contributed by atoms with Crippen molar-refractivity contribution >= 4 is 23.2 Å². The van der Waals surface area contributed by atoms with Gasteiger partial charge in [0.1, 0.15) is 16.4 Å². The summed E-state index contributed by atoms with van der Waals surface area (Å²) in [5, 5.41) is 31.8. The molecule has 3 rings (SSSR count). The molecule has 0 radical (unpaired) electrons. The number of fused-ring (bicyclic) bond motifs is 1. The summed E-state index contributed by atoms with van der Waals surface area (Å²) in [5.74, 6) is -2.17. The van der Waals surface area contributed by atoms with Crippen LogP contribution in [-0.4, -0.2) is 37.4 Å². The molecule has 0 fully saturated rings. The molecule has 0 saturated carbocycles. The summed E-state index contributed by atoms with van der Waals surface area (Å²) in [5.41, 5.74) is 0.485. The van der Waals surface area contributed by atoms with Crippen LogP contribution in [0.25, 0.3) is 0 Å². The molecule has 5 nitrogen and oxygen atoms in total. The Bertz CT molecular complexity index is 1040. The quantitative estimate of drug-likeness (QED) is 0.395. The van der Waals surface area contributed by atoms with Crippen molar-refractivity contribution in [3.63, 3.8) is 0 Å². The first kappa shape index (κ1) is 24.5. The minimum absolute atomic E-state index is 0.0585. The van der Waals surface area contributed by atoms with Gasteiger partial charge in [0, 0.05) is 18.1 Å². The van der Waals surface area contributed by atoms with Crippen molar-refractivity contribution in [2.75, 3.05) is 0 Å². The van der Waals surface area contributed by atoms with Crippen molar-refractivity contribution in [3.8, 4) is 11.5 Å². The number of benzene rings is 1. The molecule has 0 saturated heterocycles. The number of aromatic hydroxyl groups is 2. The van der Waals surface area contributed by atoms with Gasteiger partial charge in [-0.2, -0.15) is 0 Å². The number of halogens is 1. The van der Waals surface area contributed by atoms with Gasteiger partial charge in [-0.25, -0.2) is 0 Å². The Kier molecular flexibility index (Phi) is 6.16. The van der Waals surface area contributed by atoms with Gasteiger partial charge < -0.3 is 15.3 Å². The number of phenolic OH excluding ortho intramolecular Hbond substituents is 2. The van der Waals surface area contributed by atoms with E-state index in [0.29, 0.717) is 6.42 Å². The fourth-order valence-electron chi connectivity index (χ4n) is 5.18. The fraction of sp³-hybridized carbons (Fsp3) is 0.538. The van der Waals surface area contributed by atoms with E-state index in [1.807, 2.05) is 13.8 Å². The van der Waals surface area contributed by atoms with Gasteiger partial charge in [-0.3, -0.25) is 9.59 Å².